The average molecular weight is 920 g/mol. The Balaban J connectivity index is 0.000000182. The first-order chi connectivity index (χ1) is 32.7. The number of anilines is 9. The van der Waals surface area contributed by atoms with Crippen molar-refractivity contribution in [3.8, 4) is 17.4 Å². The van der Waals surface area contributed by atoms with Crippen molar-refractivity contribution in [1.29, 1.82) is 0 Å². The van der Waals surface area contributed by atoms with Crippen LogP contribution in [0.3, 0.4) is 0 Å². The molecule has 0 amide bonds. The van der Waals surface area contributed by atoms with Crippen molar-refractivity contribution in [2.75, 3.05) is 79.2 Å². The Hall–Kier alpha value is -7.53. The second-order valence-corrected chi connectivity index (χ2v) is 16.2. The summed E-state index contributed by atoms with van der Waals surface area (Å²) in [7, 11) is 1.65. The molecule has 0 unspecified atom stereocenters. The fraction of sp³-hybridized carbons (Fsp3) is 0.240. The van der Waals surface area contributed by atoms with E-state index >= 15 is 0 Å². The number of halogens is 1. The number of aryl methyl sites for hydroxylation is 3. The maximum Gasteiger partial charge on any atom is 0.213 e. The van der Waals surface area contributed by atoms with Crippen LogP contribution in [0.4, 0.5) is 52.0 Å². The number of methoxy groups -OCH3 is 1. The van der Waals surface area contributed by atoms with Crippen LogP contribution in [0.2, 0.25) is 5.02 Å². The van der Waals surface area contributed by atoms with Gasteiger partial charge >= 0.3 is 0 Å². The molecule has 1 saturated heterocycles. The quantitative estimate of drug-likeness (QED) is 0.0678. The highest BCUT2D eigenvalue weighted by Crippen LogP contribution is 2.30. The minimum Gasteiger partial charge on any atom is -0.491 e. The van der Waals surface area contributed by atoms with Gasteiger partial charge < -0.3 is 40.5 Å². The molecule has 0 spiro atoms. The molecule has 1 aliphatic rings. The van der Waals surface area contributed by atoms with Gasteiger partial charge in [0.1, 0.15) is 48.3 Å². The number of nitrogens with one attached hydrogen (secondary N) is 4. The Morgan fingerprint density at radius 1 is 0.582 bits per heavy atom. The van der Waals surface area contributed by atoms with Gasteiger partial charge in [-0.1, -0.05) is 48.9 Å². The van der Waals surface area contributed by atoms with Crippen molar-refractivity contribution in [1.82, 2.24) is 43.9 Å². The van der Waals surface area contributed by atoms with E-state index < -0.39 is 0 Å². The molecular weight excluding hydrogens is 864 g/mol. The zero-order valence-corrected chi connectivity index (χ0v) is 39.1. The van der Waals surface area contributed by atoms with Gasteiger partial charge in [-0.15, -0.1) is 0 Å². The number of rotatable bonds is 16. The molecule has 1 aliphatic heterocycles. The normalized spacial score (nSPS) is 12.5. The largest absolute Gasteiger partial charge is 0.491 e. The molecule has 9 rings (SSSR count). The van der Waals surface area contributed by atoms with E-state index in [4.69, 9.17) is 21.1 Å². The van der Waals surface area contributed by atoms with Crippen molar-refractivity contribution >= 4 is 63.6 Å². The van der Waals surface area contributed by atoms with E-state index in [-0.39, 0.29) is 0 Å². The van der Waals surface area contributed by atoms with E-state index in [0.717, 1.165) is 78.4 Å². The van der Waals surface area contributed by atoms with Crippen LogP contribution < -0.4 is 30.9 Å². The van der Waals surface area contributed by atoms with Gasteiger partial charge in [0.05, 0.1) is 17.3 Å². The SMILES string of the molecule is CCN1CCN(c2ccc(Nc3cc(-n4ccnc4Nc4c(C)cccc4C)ncn3)cc2)CC1.COCCOc1ccc(Nc2cc(-n3ccnc3Nc3c(C)cccc3Cl)ncn2)cc1. The van der Waals surface area contributed by atoms with Crippen LogP contribution >= 0.6 is 11.6 Å². The monoisotopic (exact) mass is 918 g/mol. The van der Waals surface area contributed by atoms with Crippen molar-refractivity contribution in [3.05, 3.63) is 156 Å². The third kappa shape index (κ3) is 11.8. The molecule has 0 aliphatic carbocycles. The number of nitrogens with zero attached hydrogens (tertiary/aromatic N) is 10. The van der Waals surface area contributed by atoms with Gasteiger partial charge in [0, 0.05) is 93.0 Å². The number of imidazole rings is 2. The highest BCUT2D eigenvalue weighted by Gasteiger charge is 2.17. The summed E-state index contributed by atoms with van der Waals surface area (Å²) in [4.78, 5) is 31.5. The second-order valence-electron chi connectivity index (χ2n) is 15.8. The number of hydrogen-bond donors (Lipinski definition) is 4. The number of likely N-dealkylation sites (N-methyl/N-ethyl adjacent to an activating group) is 1. The van der Waals surface area contributed by atoms with Gasteiger partial charge in [-0.05, 0) is 98.6 Å². The van der Waals surface area contributed by atoms with Crippen molar-refractivity contribution in [2.24, 2.45) is 0 Å². The summed E-state index contributed by atoms with van der Waals surface area (Å²) < 4.78 is 14.3. The van der Waals surface area contributed by atoms with Gasteiger partial charge in [0.25, 0.3) is 0 Å². The highest BCUT2D eigenvalue weighted by molar-refractivity contribution is 6.33. The van der Waals surface area contributed by atoms with Crippen molar-refractivity contribution in [2.45, 2.75) is 27.7 Å². The van der Waals surface area contributed by atoms with Crippen molar-refractivity contribution < 1.29 is 9.47 Å². The summed E-state index contributed by atoms with van der Waals surface area (Å²) in [6.07, 6.45) is 10.3. The average Bonchev–Trinajstić information content (AvgIpc) is 4.03. The number of ether oxygens (including phenoxy) is 2. The summed E-state index contributed by atoms with van der Waals surface area (Å²) in [6, 6.07) is 31.9. The molecule has 0 atom stereocenters. The number of piperazine rings is 1. The third-order valence-electron chi connectivity index (χ3n) is 11.3. The van der Waals surface area contributed by atoms with E-state index in [1.165, 1.54) is 23.1 Å². The number of para-hydroxylation sites is 2. The van der Waals surface area contributed by atoms with Crippen LogP contribution in [-0.4, -0.2) is 97.0 Å². The van der Waals surface area contributed by atoms with E-state index in [0.29, 0.717) is 41.8 Å². The lowest BCUT2D eigenvalue weighted by atomic mass is 10.1. The maximum absolute atomic E-state index is 6.36. The van der Waals surface area contributed by atoms with Gasteiger partial charge in [-0.2, -0.15) is 0 Å². The molecular formula is C50H55ClN14O2. The molecule has 344 valence electrons. The summed E-state index contributed by atoms with van der Waals surface area (Å²) in [5, 5.41) is 14.1. The zero-order valence-electron chi connectivity index (χ0n) is 38.3. The molecule has 4 aromatic carbocycles. The predicted molar refractivity (Wildman–Crippen MR) is 268 cm³/mol. The fourth-order valence-corrected chi connectivity index (χ4v) is 7.80. The lowest BCUT2D eigenvalue weighted by molar-refractivity contribution is 0.146. The van der Waals surface area contributed by atoms with Crippen LogP contribution in [-0.2, 0) is 4.74 Å². The number of aromatic nitrogens is 8. The van der Waals surface area contributed by atoms with Crippen LogP contribution in [0.25, 0.3) is 11.6 Å². The topological polar surface area (TPSA) is 160 Å². The van der Waals surface area contributed by atoms with Crippen LogP contribution in [0.1, 0.15) is 23.6 Å². The van der Waals surface area contributed by atoms with Gasteiger partial charge in [-0.3, -0.25) is 9.13 Å². The fourth-order valence-electron chi connectivity index (χ4n) is 7.53. The Bertz CT molecular complexity index is 2800. The minimum absolute atomic E-state index is 0.507. The Labute approximate surface area is 396 Å². The lowest BCUT2D eigenvalue weighted by Crippen LogP contribution is -2.46. The van der Waals surface area contributed by atoms with Gasteiger partial charge in [0.15, 0.2) is 0 Å². The third-order valence-corrected chi connectivity index (χ3v) is 11.6. The van der Waals surface area contributed by atoms with Crippen LogP contribution in [0, 0.1) is 20.8 Å². The maximum atomic E-state index is 6.36. The molecule has 0 bridgehead atoms. The molecule has 5 heterocycles. The Morgan fingerprint density at radius 2 is 1.10 bits per heavy atom. The smallest absolute Gasteiger partial charge is 0.213 e. The summed E-state index contributed by atoms with van der Waals surface area (Å²) >= 11 is 6.36. The van der Waals surface area contributed by atoms with Crippen molar-refractivity contribution in [3.63, 3.8) is 0 Å². The molecule has 1 fully saturated rings. The van der Waals surface area contributed by atoms with E-state index in [2.05, 4.69) is 124 Å². The van der Waals surface area contributed by atoms with Crippen LogP contribution in [0.5, 0.6) is 5.75 Å². The molecule has 0 saturated carbocycles. The Morgan fingerprint density at radius 3 is 1.64 bits per heavy atom. The predicted octanol–water partition coefficient (Wildman–Crippen LogP) is 10.0. The summed E-state index contributed by atoms with van der Waals surface area (Å²) in [5.74, 6) is 4.86. The molecule has 17 heteroatoms. The minimum atomic E-state index is 0.507. The van der Waals surface area contributed by atoms with E-state index in [9.17, 15) is 0 Å². The molecule has 16 nitrogen and oxygen atoms in total. The molecule has 67 heavy (non-hydrogen) atoms. The van der Waals surface area contributed by atoms with Gasteiger partial charge in [0.2, 0.25) is 11.9 Å². The standard InChI is InChI=1S/C27H32N8.C23H23ClN6O2/c1-4-33-14-16-34(17-15-33)23-10-8-22(9-11-23)31-24-18-25(30-19-29-24)35-13-12-28-27(35)32-26-20(2)6-5-7-21(26)3;1-16-4-3-5-19(24)22(16)29-23-25-10-11-30(23)21-14-20(26-15-27-21)28-17-6-8-18(9-7-17)32-13-12-31-2/h5-13,18-19H,4,14-17H2,1-3H3,(H,28,32)(H,29,30,31);3-11,14-15H,12-13H2,1-2H3,(H,25,29)(H,26,27,28). The Kier molecular flexibility index (Phi) is 15.2. The highest BCUT2D eigenvalue weighted by atomic mass is 35.5. The van der Waals surface area contributed by atoms with Crippen LogP contribution in [0.15, 0.2) is 135 Å². The molecule has 8 aromatic rings. The summed E-state index contributed by atoms with van der Waals surface area (Å²) in [6.45, 7) is 14.9. The zero-order chi connectivity index (χ0) is 46.5. The first kappa shape index (κ1) is 46.0. The van der Waals surface area contributed by atoms with Gasteiger partial charge in [-0.25, -0.2) is 29.9 Å². The van der Waals surface area contributed by atoms with E-state index in [1.54, 1.807) is 25.8 Å². The molecule has 4 aromatic heterocycles. The summed E-state index contributed by atoms with van der Waals surface area (Å²) in [5.41, 5.74) is 8.35. The second kappa shape index (κ2) is 22.1. The first-order valence-corrected chi connectivity index (χ1v) is 22.5. The first-order valence-electron chi connectivity index (χ1n) is 22.1. The van der Waals surface area contributed by atoms with E-state index in [1.807, 2.05) is 83.0 Å². The molecule has 0 radical (unpaired) electrons. The molecule has 4 N–H and O–H groups in total. The lowest BCUT2D eigenvalue weighted by Gasteiger charge is -2.35. The number of benzene rings is 4. The number of hydrogen-bond acceptors (Lipinski definition) is 14.